The van der Waals surface area contributed by atoms with Crippen LogP contribution in [0.25, 0.3) is 0 Å². The van der Waals surface area contributed by atoms with Crippen LogP contribution in [0.3, 0.4) is 0 Å². The van der Waals surface area contributed by atoms with Crippen molar-refractivity contribution in [2.75, 3.05) is 212 Å². The highest BCUT2D eigenvalue weighted by Crippen LogP contribution is 2.40. The molecule has 3 aliphatic rings. The summed E-state index contributed by atoms with van der Waals surface area (Å²) in [6.45, 7) is 28.7. The summed E-state index contributed by atoms with van der Waals surface area (Å²) in [7, 11) is 1.26. The van der Waals surface area contributed by atoms with E-state index in [0.29, 0.717) is 202 Å². The SMILES string of the molecule is COP([O-])(=S)OCCCCc1cn(CCCCCC(=O)CC(COCCC(=O)CCCOCCOCCOCCOC2OC(COC(C)=O)C(C)C(C)C2C)(COCCC(=O)CCCOCCOCCOCCOC2OC(COC(C)=O)C(C)C(C)C2C)COCCC(=O)CCCOCCOCCOCCOC2OC(COC(C)=O)C(C)C(C)C2C)nn1. The molecule has 0 amide bonds. The minimum absolute atomic E-state index is 0.00626. The molecule has 16 atom stereocenters. The number of rotatable bonds is 78. The first-order valence-electron chi connectivity index (χ1n) is 44.8. The molecule has 3 saturated heterocycles. The number of nitrogens with zero attached hydrogens (tertiary/aromatic N) is 3. The van der Waals surface area contributed by atoms with Gasteiger partial charge in [0.2, 0.25) is 0 Å². The number of unbranched alkanes of at least 4 members (excludes halogenated alkanes) is 3. The lowest BCUT2D eigenvalue weighted by Gasteiger charge is -2.43. The maximum absolute atomic E-state index is 14.2. The molecule has 16 unspecified atom stereocenters. The van der Waals surface area contributed by atoms with Gasteiger partial charge in [0.1, 0.15) is 49.7 Å². The second-order valence-corrected chi connectivity index (χ2v) is 35.5. The Kier molecular flexibility index (Phi) is 60.9. The van der Waals surface area contributed by atoms with Crippen molar-refractivity contribution in [3.63, 3.8) is 0 Å². The van der Waals surface area contributed by atoms with Crippen molar-refractivity contribution in [2.45, 2.75) is 236 Å². The van der Waals surface area contributed by atoms with Crippen molar-refractivity contribution in [2.24, 2.45) is 58.7 Å². The molecule has 0 N–H and O–H groups in total. The third-order valence-electron chi connectivity index (χ3n) is 22.9. The molecule has 36 heteroatoms. The van der Waals surface area contributed by atoms with Gasteiger partial charge in [0.05, 0.1) is 189 Å². The van der Waals surface area contributed by atoms with Gasteiger partial charge in [-0.05, 0) is 86.9 Å². The van der Waals surface area contributed by atoms with Crippen molar-refractivity contribution in [1.29, 1.82) is 0 Å². The van der Waals surface area contributed by atoms with Crippen molar-refractivity contribution >= 4 is 59.6 Å². The highest BCUT2D eigenvalue weighted by atomic mass is 32.5. The Bertz CT molecular complexity index is 2810. The molecule has 3 aliphatic heterocycles. The third-order valence-corrected chi connectivity index (χ3v) is 24.6. The van der Waals surface area contributed by atoms with E-state index in [4.69, 9.17) is 120 Å². The first-order chi connectivity index (χ1) is 59.1. The van der Waals surface area contributed by atoms with E-state index in [1.54, 1.807) is 4.68 Å². The van der Waals surface area contributed by atoms with Gasteiger partial charge in [0.15, 0.2) is 18.9 Å². The quantitative estimate of drug-likeness (QED) is 0.0253. The van der Waals surface area contributed by atoms with E-state index in [1.807, 2.05) is 6.20 Å². The van der Waals surface area contributed by atoms with E-state index in [-0.39, 0.29) is 212 Å². The lowest BCUT2D eigenvalue weighted by atomic mass is 9.79. The summed E-state index contributed by atoms with van der Waals surface area (Å²) >= 11 is 4.79. The Balaban J connectivity index is 1.24. The molecule has 123 heavy (non-hydrogen) atoms. The normalized spacial score (nSPS) is 23.9. The number of hydrogen-bond donors (Lipinski definition) is 0. The largest absolute Gasteiger partial charge is 0.780 e. The van der Waals surface area contributed by atoms with Gasteiger partial charge in [-0.25, -0.2) is 0 Å². The van der Waals surface area contributed by atoms with Crippen LogP contribution in [-0.2, 0) is 167 Å². The molecule has 1 aromatic heterocycles. The second kappa shape index (κ2) is 67.3. The molecule has 1 aromatic rings. The molecule has 3 fully saturated rings. The highest BCUT2D eigenvalue weighted by Gasteiger charge is 2.43. The van der Waals surface area contributed by atoms with Gasteiger partial charge in [-0.1, -0.05) is 85.8 Å². The topological polar surface area (TPSA) is 386 Å². The zero-order valence-electron chi connectivity index (χ0n) is 76.2. The van der Waals surface area contributed by atoms with Crippen LogP contribution in [0.2, 0.25) is 0 Å². The Morgan fingerprint density at radius 3 is 1.04 bits per heavy atom. The van der Waals surface area contributed by atoms with E-state index in [1.165, 1.54) is 27.9 Å². The van der Waals surface area contributed by atoms with Gasteiger partial charge >= 0.3 is 17.9 Å². The summed E-state index contributed by atoms with van der Waals surface area (Å²) in [4.78, 5) is 100. The molecular weight excluding hydrogens is 1650 g/mol. The lowest BCUT2D eigenvalue weighted by Crippen LogP contribution is -2.48. The molecule has 0 spiro atoms. The molecule has 34 nitrogen and oxygen atoms in total. The number of esters is 3. The van der Waals surface area contributed by atoms with Crippen LogP contribution in [0.1, 0.15) is 192 Å². The molecule has 4 rings (SSSR count). The minimum atomic E-state index is -3.45. The first-order valence-corrected chi connectivity index (χ1v) is 47.3. The summed E-state index contributed by atoms with van der Waals surface area (Å²) < 4.78 is 134. The Morgan fingerprint density at radius 2 is 0.707 bits per heavy atom. The Morgan fingerprint density at radius 1 is 0.382 bits per heavy atom. The molecule has 714 valence electrons. The van der Waals surface area contributed by atoms with E-state index >= 15 is 0 Å². The summed E-state index contributed by atoms with van der Waals surface area (Å²) in [5.41, 5.74) is -0.236. The Labute approximate surface area is 736 Å². The van der Waals surface area contributed by atoms with Crippen LogP contribution < -0.4 is 4.89 Å². The Hall–Kier alpha value is -3.96. The average molecular weight is 1800 g/mol. The van der Waals surface area contributed by atoms with Gasteiger partial charge in [0, 0.05) is 135 Å². The smallest absolute Gasteiger partial charge is 0.302 e. The number of aromatic nitrogens is 3. The number of aryl methyl sites for hydroxylation is 2. The van der Waals surface area contributed by atoms with Crippen molar-refractivity contribution in [3.8, 4) is 0 Å². The van der Waals surface area contributed by atoms with E-state index < -0.39 is 31.0 Å². The summed E-state index contributed by atoms with van der Waals surface area (Å²) in [6, 6.07) is 0. The third kappa shape index (κ3) is 50.7. The number of hydrogen-bond acceptors (Lipinski definition) is 34. The van der Waals surface area contributed by atoms with Gasteiger partial charge in [-0.15, -0.1) is 5.10 Å². The van der Waals surface area contributed by atoms with Gasteiger partial charge in [-0.2, -0.15) is 0 Å². The number of Topliss-reactive ketones (excluding diaryl/α,β-unsaturated/α-hetero) is 4. The standard InChI is InChI=1S/C87H154N3O31PS/c1-64-67(4)81(58-115-73(10)91)119-84(70(64)7)112-53-50-106-47-44-103-41-38-100-31-19-24-77(94)27-35-109-61-87(56-80(97)23-15-14-17-30-90-57-76(88-89-90)22-16-18-34-118-122(98,123)99-13,62-110-36-28-78(95)25-20-32-101-39-42-104-45-48-107-51-54-113-85-71(8)65(2)68(5)82(120-85)59-116-74(11)92)63-111-37-29-79(96)26-21-33-102-40-43-105-46-49-108-52-55-114-86-72(9)66(3)69(6)83(121-86)60-117-75(12)93/h57,64-72,81-86H,14-56,58-63H2,1-13H3,(H,98,123)/p-1. The van der Waals surface area contributed by atoms with Gasteiger partial charge < -0.3 is 113 Å². The first kappa shape index (κ1) is 111. The molecule has 0 radical (unpaired) electrons. The molecule has 0 saturated carbocycles. The fourth-order valence-electron chi connectivity index (χ4n) is 14.2. The fraction of sp³-hybridized carbons (Fsp3) is 0.897. The van der Waals surface area contributed by atoms with Crippen LogP contribution >= 0.6 is 6.72 Å². The second-order valence-electron chi connectivity index (χ2n) is 32.6. The predicted octanol–water partition coefficient (Wildman–Crippen LogP) is 9.41. The number of carbonyl (C=O) groups is 7. The van der Waals surface area contributed by atoms with Crippen LogP contribution in [0, 0.1) is 58.7 Å². The van der Waals surface area contributed by atoms with E-state index in [2.05, 4.69) is 72.6 Å². The average Bonchev–Trinajstić information content (AvgIpc) is 1.62. The summed E-state index contributed by atoms with van der Waals surface area (Å²) in [5.74, 6) is 0.849. The molecular formula is C87H153N3O31PS-. The summed E-state index contributed by atoms with van der Waals surface area (Å²) in [6.07, 6.45) is 6.83. The van der Waals surface area contributed by atoms with Crippen LogP contribution in [0.4, 0.5) is 0 Å². The molecule has 0 aromatic carbocycles. The highest BCUT2D eigenvalue weighted by molar-refractivity contribution is 8.06. The van der Waals surface area contributed by atoms with Gasteiger partial charge in [-0.3, -0.25) is 38.2 Å². The van der Waals surface area contributed by atoms with Crippen LogP contribution in [-0.4, -0.2) is 305 Å². The number of ether oxygens (including phenoxy) is 21. The zero-order valence-corrected chi connectivity index (χ0v) is 77.9. The maximum atomic E-state index is 14.2. The van der Waals surface area contributed by atoms with Crippen molar-refractivity contribution in [1.82, 2.24) is 15.0 Å². The summed E-state index contributed by atoms with van der Waals surface area (Å²) in [5, 5.41) is 8.57. The number of carbonyl (C=O) groups excluding carboxylic acids is 7. The lowest BCUT2D eigenvalue weighted by molar-refractivity contribution is -0.258. The molecule has 0 aliphatic carbocycles. The van der Waals surface area contributed by atoms with Crippen molar-refractivity contribution in [3.05, 3.63) is 11.9 Å². The monoisotopic (exact) mass is 1800 g/mol. The van der Waals surface area contributed by atoms with Crippen LogP contribution in [0.15, 0.2) is 6.20 Å². The van der Waals surface area contributed by atoms with E-state index in [9.17, 15) is 38.5 Å². The molecule has 4 heterocycles. The van der Waals surface area contributed by atoms with Crippen molar-refractivity contribution < 1.29 is 147 Å². The van der Waals surface area contributed by atoms with Crippen LogP contribution in [0.5, 0.6) is 0 Å². The predicted molar refractivity (Wildman–Crippen MR) is 453 cm³/mol. The minimum Gasteiger partial charge on any atom is -0.780 e. The molecule has 0 bridgehead atoms. The van der Waals surface area contributed by atoms with Gasteiger partial charge in [0.25, 0.3) is 0 Å². The fourth-order valence-corrected chi connectivity index (χ4v) is 14.8. The number of ketones is 4. The van der Waals surface area contributed by atoms with E-state index in [0.717, 1.165) is 25.0 Å². The maximum Gasteiger partial charge on any atom is 0.302 e. The zero-order chi connectivity index (χ0) is 89.9.